The van der Waals surface area contributed by atoms with Crippen LogP contribution in [0.2, 0.25) is 0 Å². The van der Waals surface area contributed by atoms with Crippen LogP contribution >= 0.6 is 11.8 Å². The van der Waals surface area contributed by atoms with Crippen LogP contribution < -0.4 is 4.90 Å². The van der Waals surface area contributed by atoms with E-state index in [1.54, 1.807) is 4.90 Å². The predicted molar refractivity (Wildman–Crippen MR) is 67.1 cm³/mol. The molecule has 0 aliphatic carbocycles. The van der Waals surface area contributed by atoms with Crippen molar-refractivity contribution in [2.24, 2.45) is 0 Å². The number of aryl methyl sites for hydroxylation is 1. The van der Waals surface area contributed by atoms with E-state index in [1.165, 1.54) is 18.7 Å². The van der Waals surface area contributed by atoms with Gasteiger partial charge in [0.05, 0.1) is 0 Å². The van der Waals surface area contributed by atoms with Gasteiger partial charge in [0.1, 0.15) is 0 Å². The summed E-state index contributed by atoms with van der Waals surface area (Å²) in [5.41, 5.74) is 1.96. The van der Waals surface area contributed by atoms with E-state index >= 15 is 0 Å². The van der Waals surface area contributed by atoms with E-state index in [0.717, 1.165) is 11.3 Å². The molecule has 1 saturated heterocycles. The third-order valence-electron chi connectivity index (χ3n) is 2.91. The predicted octanol–water partition coefficient (Wildman–Crippen LogP) is 1.41. The molecule has 1 aliphatic rings. The number of hydrogen-bond acceptors (Lipinski definition) is 4. The average molecular weight is 253 g/mol. The summed E-state index contributed by atoms with van der Waals surface area (Å²) in [5.74, 6) is 0.734. The Morgan fingerprint density at radius 3 is 2.76 bits per heavy atom. The van der Waals surface area contributed by atoms with Crippen molar-refractivity contribution in [1.82, 2.24) is 10.2 Å². The van der Waals surface area contributed by atoms with Crippen LogP contribution in [0.3, 0.4) is 0 Å². The summed E-state index contributed by atoms with van der Waals surface area (Å²) in [7, 11) is 0. The van der Waals surface area contributed by atoms with Crippen LogP contribution in [0.25, 0.3) is 0 Å². The smallest absolute Gasteiger partial charge is 0.229 e. The second-order valence-electron chi connectivity index (χ2n) is 4.24. The normalized spacial score (nSPS) is 20.1. The quantitative estimate of drug-likeness (QED) is 0.865. The number of H-pyrrole nitrogens is 1. The van der Waals surface area contributed by atoms with Gasteiger partial charge in [-0.05, 0) is 13.8 Å². The van der Waals surface area contributed by atoms with E-state index in [2.05, 4.69) is 10.2 Å². The second-order valence-corrected chi connectivity index (χ2v) is 5.71. The number of anilines is 1. The van der Waals surface area contributed by atoms with Crippen molar-refractivity contribution in [2.45, 2.75) is 32.4 Å². The molecular weight excluding hydrogens is 238 g/mol. The fraction of sp³-hybridized carbons (Fsp3) is 0.545. The molecule has 6 heteroatoms. The molecule has 0 aromatic carbocycles. The van der Waals surface area contributed by atoms with Gasteiger partial charge < -0.3 is 0 Å². The lowest BCUT2D eigenvalue weighted by Crippen LogP contribution is -2.26. The lowest BCUT2D eigenvalue weighted by molar-refractivity contribution is -0.117. The van der Waals surface area contributed by atoms with Crippen LogP contribution in [-0.4, -0.2) is 33.0 Å². The minimum absolute atomic E-state index is 0.0401. The van der Waals surface area contributed by atoms with Crippen molar-refractivity contribution in [3.63, 3.8) is 0 Å². The number of thioether (sulfide) groups is 1. The van der Waals surface area contributed by atoms with Crippen LogP contribution in [0.15, 0.2) is 0 Å². The summed E-state index contributed by atoms with van der Waals surface area (Å²) in [5, 5.41) is 7.13. The van der Waals surface area contributed by atoms with Crippen LogP contribution in [0.4, 0.5) is 5.82 Å². The monoisotopic (exact) mass is 253 g/mol. The van der Waals surface area contributed by atoms with Crippen molar-refractivity contribution in [3.8, 4) is 0 Å². The van der Waals surface area contributed by atoms with E-state index in [1.807, 2.05) is 13.8 Å². The van der Waals surface area contributed by atoms with Gasteiger partial charge in [0.25, 0.3) is 0 Å². The van der Waals surface area contributed by atoms with Gasteiger partial charge in [-0.25, -0.2) is 0 Å². The molecule has 1 aromatic rings. The van der Waals surface area contributed by atoms with Crippen LogP contribution in [-0.2, 0) is 9.59 Å². The molecule has 0 radical (unpaired) electrons. The summed E-state index contributed by atoms with van der Waals surface area (Å²) in [4.78, 5) is 24.6. The molecule has 2 heterocycles. The third-order valence-corrected chi connectivity index (χ3v) is 3.89. The Bertz CT molecular complexity index is 469. The third kappa shape index (κ3) is 2.36. The maximum Gasteiger partial charge on any atom is 0.229 e. The Balaban J connectivity index is 2.16. The lowest BCUT2D eigenvalue weighted by Gasteiger charge is -2.14. The molecule has 92 valence electrons. The largest absolute Gasteiger partial charge is 0.294 e. The maximum absolute atomic E-state index is 11.9. The van der Waals surface area contributed by atoms with Gasteiger partial charge in [-0.15, -0.1) is 0 Å². The zero-order valence-electron chi connectivity index (χ0n) is 10.1. The highest BCUT2D eigenvalue weighted by molar-refractivity contribution is 8.14. The second kappa shape index (κ2) is 4.52. The summed E-state index contributed by atoms with van der Waals surface area (Å²) >= 11 is 1.24. The molecule has 5 nitrogen and oxygen atoms in total. The van der Waals surface area contributed by atoms with Crippen molar-refractivity contribution in [3.05, 3.63) is 11.3 Å². The first-order chi connectivity index (χ1) is 7.99. The summed E-state index contributed by atoms with van der Waals surface area (Å²) in [6.07, 6.45) is 0.412. The van der Waals surface area contributed by atoms with Gasteiger partial charge in [-0.3, -0.25) is 19.6 Å². The fourth-order valence-electron chi connectivity index (χ4n) is 1.93. The Morgan fingerprint density at radius 1 is 1.53 bits per heavy atom. The molecule has 0 bridgehead atoms. The zero-order valence-corrected chi connectivity index (χ0v) is 10.9. The minimum atomic E-state index is 0.0401. The van der Waals surface area contributed by atoms with Crippen molar-refractivity contribution >= 4 is 28.6 Å². The molecule has 2 rings (SSSR count). The highest BCUT2D eigenvalue weighted by Crippen LogP contribution is 2.29. The van der Waals surface area contributed by atoms with Gasteiger partial charge in [0, 0.05) is 36.4 Å². The van der Waals surface area contributed by atoms with Gasteiger partial charge in [0.2, 0.25) is 5.91 Å². The SMILES string of the molecule is CC(=O)SC1CC(=O)N(c2n[nH]c(C)c2C)C1. The van der Waals surface area contributed by atoms with Crippen molar-refractivity contribution in [1.29, 1.82) is 0 Å². The highest BCUT2D eigenvalue weighted by atomic mass is 32.2. The first-order valence-electron chi connectivity index (χ1n) is 5.48. The van der Waals surface area contributed by atoms with Crippen LogP contribution in [0.5, 0.6) is 0 Å². The number of amides is 1. The Morgan fingerprint density at radius 2 is 2.24 bits per heavy atom. The zero-order chi connectivity index (χ0) is 12.6. The molecule has 1 amide bonds. The molecule has 17 heavy (non-hydrogen) atoms. The Kier molecular flexibility index (Phi) is 3.24. The number of nitrogens with zero attached hydrogens (tertiary/aromatic N) is 2. The molecule has 1 unspecified atom stereocenters. The van der Waals surface area contributed by atoms with Gasteiger partial charge in [0.15, 0.2) is 10.9 Å². The van der Waals surface area contributed by atoms with E-state index in [-0.39, 0.29) is 16.3 Å². The molecular formula is C11H15N3O2S. The van der Waals surface area contributed by atoms with Gasteiger partial charge >= 0.3 is 0 Å². The minimum Gasteiger partial charge on any atom is -0.294 e. The van der Waals surface area contributed by atoms with E-state index < -0.39 is 0 Å². The molecule has 0 spiro atoms. The first-order valence-corrected chi connectivity index (χ1v) is 6.36. The van der Waals surface area contributed by atoms with E-state index in [4.69, 9.17) is 0 Å². The molecule has 1 N–H and O–H groups in total. The van der Waals surface area contributed by atoms with Crippen molar-refractivity contribution in [2.75, 3.05) is 11.4 Å². The number of hydrogen-bond donors (Lipinski definition) is 1. The number of carbonyl (C=O) groups is 2. The number of aromatic amines is 1. The molecule has 1 fully saturated rings. The Labute approximate surface area is 104 Å². The molecule has 1 aromatic heterocycles. The number of carbonyl (C=O) groups excluding carboxylic acids is 2. The Hall–Kier alpha value is -1.30. The van der Waals surface area contributed by atoms with E-state index in [9.17, 15) is 9.59 Å². The number of aromatic nitrogens is 2. The highest BCUT2D eigenvalue weighted by Gasteiger charge is 2.33. The fourth-order valence-corrected chi connectivity index (χ4v) is 2.85. The summed E-state index contributed by atoms with van der Waals surface area (Å²) < 4.78 is 0. The topological polar surface area (TPSA) is 66.1 Å². The van der Waals surface area contributed by atoms with Gasteiger partial charge in [-0.2, -0.15) is 5.10 Å². The standard InChI is InChI=1S/C11H15N3O2S/c1-6-7(2)12-13-11(6)14-5-9(4-10(14)16)17-8(3)15/h9H,4-5H2,1-3H3,(H,12,13). The van der Waals surface area contributed by atoms with Gasteiger partial charge in [-0.1, -0.05) is 11.8 Å². The molecule has 0 saturated carbocycles. The first kappa shape index (κ1) is 12.2. The number of nitrogens with one attached hydrogen (secondary N) is 1. The van der Waals surface area contributed by atoms with Crippen molar-refractivity contribution < 1.29 is 9.59 Å². The maximum atomic E-state index is 11.9. The molecule has 1 aliphatic heterocycles. The van der Waals surface area contributed by atoms with E-state index in [0.29, 0.717) is 18.8 Å². The number of rotatable bonds is 2. The average Bonchev–Trinajstić information content (AvgIpc) is 2.72. The molecule has 1 atom stereocenters. The van der Waals surface area contributed by atoms with Crippen LogP contribution in [0.1, 0.15) is 24.6 Å². The lowest BCUT2D eigenvalue weighted by atomic mass is 10.2. The summed E-state index contributed by atoms with van der Waals surface area (Å²) in [6, 6.07) is 0. The summed E-state index contributed by atoms with van der Waals surface area (Å²) in [6.45, 7) is 5.96. The van der Waals surface area contributed by atoms with Crippen LogP contribution in [0, 0.1) is 13.8 Å².